The van der Waals surface area contributed by atoms with E-state index in [1.54, 1.807) is 7.11 Å². The number of nitrogens with zero attached hydrogens (tertiary/aromatic N) is 2. The average molecular weight is 396 g/mol. The van der Waals surface area contributed by atoms with Crippen LogP contribution < -0.4 is 10.1 Å². The zero-order chi connectivity index (χ0) is 18.4. The number of piperidine rings is 1. The third-order valence-electron chi connectivity index (χ3n) is 5.34. The number of nitrogens with one attached hydrogen (secondary N) is 1. The summed E-state index contributed by atoms with van der Waals surface area (Å²) in [5, 5.41) is 3.32. The van der Waals surface area contributed by atoms with Gasteiger partial charge in [0.2, 0.25) is 11.8 Å². The van der Waals surface area contributed by atoms with Crippen LogP contribution in [0.25, 0.3) is 0 Å². The quantitative estimate of drug-likeness (QED) is 0.826. The number of hydrogen-bond acceptors (Lipinski definition) is 4. The van der Waals surface area contributed by atoms with Crippen LogP contribution in [0, 0.1) is 0 Å². The van der Waals surface area contributed by atoms with Gasteiger partial charge in [-0.25, -0.2) is 0 Å². The average Bonchev–Trinajstić information content (AvgIpc) is 2.72. The summed E-state index contributed by atoms with van der Waals surface area (Å²) in [5.74, 6) is 1.20. The first kappa shape index (κ1) is 21.5. The highest BCUT2D eigenvalue weighted by molar-refractivity contribution is 5.85. The van der Waals surface area contributed by atoms with E-state index in [4.69, 9.17) is 4.74 Å². The molecule has 7 heteroatoms. The molecule has 1 atom stereocenters. The van der Waals surface area contributed by atoms with Crippen LogP contribution >= 0.6 is 12.4 Å². The number of methoxy groups -OCH3 is 1. The molecule has 0 radical (unpaired) electrons. The van der Waals surface area contributed by atoms with Gasteiger partial charge in [0.25, 0.3) is 0 Å². The number of carbonyl (C=O) groups excluding carboxylic acids is 2. The predicted molar refractivity (Wildman–Crippen MR) is 107 cm³/mol. The Labute approximate surface area is 167 Å². The summed E-state index contributed by atoms with van der Waals surface area (Å²) in [6, 6.07) is 7.81. The summed E-state index contributed by atoms with van der Waals surface area (Å²) < 4.78 is 5.15. The lowest BCUT2D eigenvalue weighted by atomic mass is 10.0. The number of benzene rings is 1. The molecule has 2 heterocycles. The number of hydrogen-bond donors (Lipinski definition) is 1. The topological polar surface area (TPSA) is 61.9 Å². The van der Waals surface area contributed by atoms with E-state index < -0.39 is 0 Å². The summed E-state index contributed by atoms with van der Waals surface area (Å²) in [7, 11) is 1.65. The molecule has 1 aromatic rings. The Morgan fingerprint density at radius 3 is 2.33 bits per heavy atom. The number of piperazine rings is 1. The lowest BCUT2D eigenvalue weighted by Gasteiger charge is -2.37. The van der Waals surface area contributed by atoms with Crippen LogP contribution in [0.3, 0.4) is 0 Å². The molecule has 1 unspecified atom stereocenters. The summed E-state index contributed by atoms with van der Waals surface area (Å²) in [6.07, 6.45) is 4.44. The van der Waals surface area contributed by atoms with E-state index in [1.807, 2.05) is 34.1 Å². The molecule has 2 saturated heterocycles. The zero-order valence-electron chi connectivity index (χ0n) is 16.0. The van der Waals surface area contributed by atoms with Crippen molar-refractivity contribution < 1.29 is 14.3 Å². The third kappa shape index (κ3) is 5.84. The Kier molecular flexibility index (Phi) is 8.38. The monoisotopic (exact) mass is 395 g/mol. The summed E-state index contributed by atoms with van der Waals surface area (Å²) in [4.78, 5) is 28.8. The smallest absolute Gasteiger partial charge is 0.239 e. The van der Waals surface area contributed by atoms with Crippen molar-refractivity contribution in [1.29, 1.82) is 0 Å². The van der Waals surface area contributed by atoms with E-state index in [0.29, 0.717) is 32.6 Å². The second-order valence-corrected chi connectivity index (χ2v) is 7.06. The van der Waals surface area contributed by atoms with E-state index in [0.717, 1.165) is 43.5 Å². The van der Waals surface area contributed by atoms with Gasteiger partial charge in [0.15, 0.2) is 0 Å². The fourth-order valence-corrected chi connectivity index (χ4v) is 3.66. The summed E-state index contributed by atoms with van der Waals surface area (Å²) >= 11 is 0. The van der Waals surface area contributed by atoms with Crippen LogP contribution in [-0.2, 0) is 16.0 Å². The minimum Gasteiger partial charge on any atom is -0.497 e. The maximum absolute atomic E-state index is 12.5. The number of aryl methyl sites for hydroxylation is 1. The Hall–Kier alpha value is -1.79. The largest absolute Gasteiger partial charge is 0.497 e. The molecule has 2 fully saturated rings. The minimum absolute atomic E-state index is 0. The van der Waals surface area contributed by atoms with Gasteiger partial charge in [-0.3, -0.25) is 9.59 Å². The number of carbonyl (C=O) groups is 2. The van der Waals surface area contributed by atoms with Crippen molar-refractivity contribution in [2.45, 2.75) is 38.1 Å². The molecule has 3 rings (SSSR count). The Morgan fingerprint density at radius 2 is 1.74 bits per heavy atom. The fraction of sp³-hybridized carbons (Fsp3) is 0.600. The van der Waals surface area contributed by atoms with Crippen LogP contribution in [0.1, 0.15) is 31.2 Å². The Balaban J connectivity index is 0.00000261. The number of rotatable bonds is 5. The maximum Gasteiger partial charge on any atom is 0.239 e. The van der Waals surface area contributed by atoms with Gasteiger partial charge in [-0.2, -0.15) is 0 Å². The van der Waals surface area contributed by atoms with Crippen LogP contribution in [-0.4, -0.2) is 67.5 Å². The highest BCUT2D eigenvalue weighted by Crippen LogP contribution is 2.15. The molecule has 0 aliphatic carbocycles. The van der Waals surface area contributed by atoms with Crippen molar-refractivity contribution in [3.05, 3.63) is 29.8 Å². The van der Waals surface area contributed by atoms with Crippen molar-refractivity contribution in [3.63, 3.8) is 0 Å². The van der Waals surface area contributed by atoms with Gasteiger partial charge in [-0.05, 0) is 43.5 Å². The highest BCUT2D eigenvalue weighted by Gasteiger charge is 2.29. The molecule has 27 heavy (non-hydrogen) atoms. The molecule has 6 nitrogen and oxygen atoms in total. The normalized spacial score (nSPS) is 20.0. The highest BCUT2D eigenvalue weighted by atomic mass is 35.5. The van der Waals surface area contributed by atoms with Gasteiger partial charge < -0.3 is 19.9 Å². The summed E-state index contributed by atoms with van der Waals surface area (Å²) in [5.41, 5.74) is 1.14. The maximum atomic E-state index is 12.5. The molecular formula is C20H30ClN3O3. The fourth-order valence-electron chi connectivity index (χ4n) is 3.66. The van der Waals surface area contributed by atoms with Crippen LogP contribution in [0.5, 0.6) is 5.75 Å². The molecule has 150 valence electrons. The van der Waals surface area contributed by atoms with Crippen molar-refractivity contribution in [3.8, 4) is 5.75 Å². The van der Waals surface area contributed by atoms with Crippen LogP contribution in [0.4, 0.5) is 0 Å². The van der Waals surface area contributed by atoms with E-state index in [-0.39, 0.29) is 30.3 Å². The molecule has 0 bridgehead atoms. The minimum atomic E-state index is -0.0268. The molecule has 0 spiro atoms. The Bertz CT molecular complexity index is 609. The van der Waals surface area contributed by atoms with E-state index in [1.165, 1.54) is 0 Å². The standard InChI is InChI=1S/C20H29N3O3.ClH/c1-26-17-8-5-16(6-9-17)7-10-19(24)22-12-14-23(15-13-22)20(25)18-4-2-3-11-21-18;/h5-6,8-9,18,21H,2-4,7,10-15H2,1H3;1H. The van der Waals surface area contributed by atoms with Gasteiger partial charge in [-0.1, -0.05) is 18.6 Å². The van der Waals surface area contributed by atoms with Gasteiger partial charge in [-0.15, -0.1) is 12.4 Å². The summed E-state index contributed by atoms with van der Waals surface area (Å²) in [6.45, 7) is 3.50. The number of halogens is 1. The zero-order valence-corrected chi connectivity index (χ0v) is 16.8. The van der Waals surface area contributed by atoms with Crippen LogP contribution in [0.2, 0.25) is 0 Å². The lowest BCUT2D eigenvalue weighted by Crippen LogP contribution is -2.55. The second kappa shape index (κ2) is 10.5. The molecule has 2 aliphatic heterocycles. The van der Waals surface area contributed by atoms with Crippen LogP contribution in [0.15, 0.2) is 24.3 Å². The first-order valence-electron chi connectivity index (χ1n) is 9.60. The molecule has 2 amide bonds. The van der Waals surface area contributed by atoms with E-state index in [2.05, 4.69) is 5.32 Å². The lowest BCUT2D eigenvalue weighted by molar-refractivity contribution is -0.141. The molecule has 1 aromatic carbocycles. The van der Waals surface area contributed by atoms with Crippen molar-refractivity contribution in [1.82, 2.24) is 15.1 Å². The van der Waals surface area contributed by atoms with Gasteiger partial charge in [0.1, 0.15) is 5.75 Å². The molecular weight excluding hydrogens is 366 g/mol. The van der Waals surface area contributed by atoms with Gasteiger partial charge in [0.05, 0.1) is 13.2 Å². The SMILES string of the molecule is COc1ccc(CCC(=O)N2CCN(C(=O)C3CCCCN3)CC2)cc1.Cl. The van der Waals surface area contributed by atoms with Gasteiger partial charge in [0, 0.05) is 32.6 Å². The van der Waals surface area contributed by atoms with E-state index in [9.17, 15) is 9.59 Å². The molecule has 0 saturated carbocycles. The van der Waals surface area contributed by atoms with Crippen molar-refractivity contribution in [2.75, 3.05) is 39.8 Å². The van der Waals surface area contributed by atoms with E-state index >= 15 is 0 Å². The van der Waals surface area contributed by atoms with Crippen molar-refractivity contribution >= 4 is 24.2 Å². The first-order chi connectivity index (χ1) is 12.7. The third-order valence-corrected chi connectivity index (χ3v) is 5.34. The second-order valence-electron chi connectivity index (χ2n) is 7.06. The van der Waals surface area contributed by atoms with Crippen molar-refractivity contribution in [2.24, 2.45) is 0 Å². The van der Waals surface area contributed by atoms with Gasteiger partial charge >= 0.3 is 0 Å². The molecule has 0 aromatic heterocycles. The first-order valence-corrected chi connectivity index (χ1v) is 9.60. The number of ether oxygens (including phenoxy) is 1. The molecule has 1 N–H and O–H groups in total. The Morgan fingerprint density at radius 1 is 1.07 bits per heavy atom. The molecule has 2 aliphatic rings. The predicted octanol–water partition coefficient (Wildman–Crippen LogP) is 1.86. The number of amides is 2.